The van der Waals surface area contributed by atoms with Gasteiger partial charge in [0, 0.05) is 23.4 Å². The Kier molecular flexibility index (Phi) is 2.70. The van der Waals surface area contributed by atoms with Gasteiger partial charge in [0.05, 0.1) is 6.04 Å². The molecular formula is C15H16N2O2S. The van der Waals surface area contributed by atoms with Gasteiger partial charge < -0.3 is 9.42 Å². The Morgan fingerprint density at radius 1 is 1.50 bits per heavy atom. The van der Waals surface area contributed by atoms with Gasteiger partial charge in [0.1, 0.15) is 5.76 Å². The highest BCUT2D eigenvalue weighted by atomic mass is 32.1. The second kappa shape index (κ2) is 4.45. The van der Waals surface area contributed by atoms with E-state index in [1.807, 2.05) is 11.0 Å². The fraction of sp³-hybridized carbons (Fsp3) is 0.467. The zero-order valence-electron chi connectivity index (χ0n) is 11.3. The summed E-state index contributed by atoms with van der Waals surface area (Å²) < 4.78 is 5.29. The van der Waals surface area contributed by atoms with Gasteiger partial charge >= 0.3 is 0 Å². The molecule has 20 heavy (non-hydrogen) atoms. The van der Waals surface area contributed by atoms with E-state index in [1.54, 1.807) is 11.3 Å². The smallest absolute Gasteiger partial charge is 0.276 e. The number of nitrogens with zero attached hydrogens (tertiary/aromatic N) is 2. The van der Waals surface area contributed by atoms with Gasteiger partial charge in [0.25, 0.3) is 5.91 Å². The molecule has 3 heterocycles. The van der Waals surface area contributed by atoms with Crippen LogP contribution >= 0.6 is 11.3 Å². The van der Waals surface area contributed by atoms with Crippen LogP contribution in [-0.2, 0) is 6.42 Å². The highest BCUT2D eigenvalue weighted by molar-refractivity contribution is 7.10. The lowest BCUT2D eigenvalue weighted by atomic mass is 10.0. The predicted molar refractivity (Wildman–Crippen MR) is 76.0 cm³/mol. The number of hydrogen-bond donors (Lipinski definition) is 0. The average Bonchev–Trinajstić information content (AvgIpc) is 3.01. The predicted octanol–water partition coefficient (Wildman–Crippen LogP) is 3.37. The monoisotopic (exact) mass is 288 g/mol. The molecule has 0 bridgehead atoms. The topological polar surface area (TPSA) is 46.3 Å². The minimum atomic E-state index is -0.00926. The molecule has 0 N–H and O–H groups in total. The molecule has 0 spiro atoms. The summed E-state index contributed by atoms with van der Waals surface area (Å²) >= 11 is 1.78. The first-order valence-corrected chi connectivity index (χ1v) is 7.96. The van der Waals surface area contributed by atoms with Crippen LogP contribution in [0.25, 0.3) is 0 Å². The Bertz CT molecular complexity index is 656. The normalized spacial score (nSPS) is 21.9. The summed E-state index contributed by atoms with van der Waals surface area (Å²) in [5.41, 5.74) is 1.73. The first kappa shape index (κ1) is 12.1. The molecule has 0 radical (unpaired) electrons. The first-order valence-electron chi connectivity index (χ1n) is 7.08. The molecule has 0 saturated heterocycles. The molecule has 5 heteroatoms. The van der Waals surface area contributed by atoms with E-state index in [9.17, 15) is 4.79 Å². The highest BCUT2D eigenvalue weighted by Crippen LogP contribution is 2.40. The van der Waals surface area contributed by atoms with Crippen molar-refractivity contribution in [3.8, 4) is 0 Å². The number of hydrogen-bond acceptors (Lipinski definition) is 4. The molecule has 1 atom stereocenters. The van der Waals surface area contributed by atoms with Crippen molar-refractivity contribution in [1.29, 1.82) is 0 Å². The standard InChI is InChI=1S/C15H16N2O2S/c1-9-11-5-7-20-14(11)4-6-17(9)15(18)12-8-13(19-16-12)10-2-3-10/h5,7-10H,2-4,6H2,1H3. The highest BCUT2D eigenvalue weighted by Gasteiger charge is 2.33. The maximum atomic E-state index is 12.6. The summed E-state index contributed by atoms with van der Waals surface area (Å²) in [5, 5.41) is 6.07. The van der Waals surface area contributed by atoms with Gasteiger partial charge in [-0.25, -0.2) is 0 Å². The Morgan fingerprint density at radius 3 is 3.15 bits per heavy atom. The van der Waals surface area contributed by atoms with E-state index >= 15 is 0 Å². The third-order valence-electron chi connectivity index (χ3n) is 4.27. The molecule has 2 aromatic rings. The number of thiophene rings is 1. The summed E-state index contributed by atoms with van der Waals surface area (Å²) in [5.74, 6) is 1.35. The van der Waals surface area contributed by atoms with Gasteiger partial charge in [-0.1, -0.05) is 5.16 Å². The lowest BCUT2D eigenvalue weighted by Gasteiger charge is -2.33. The minimum absolute atomic E-state index is 0.00926. The molecule has 1 fully saturated rings. The van der Waals surface area contributed by atoms with Crippen molar-refractivity contribution in [3.05, 3.63) is 39.4 Å². The van der Waals surface area contributed by atoms with Crippen LogP contribution in [0.3, 0.4) is 0 Å². The van der Waals surface area contributed by atoms with Crippen molar-refractivity contribution in [2.75, 3.05) is 6.54 Å². The molecule has 2 aliphatic rings. The van der Waals surface area contributed by atoms with Gasteiger partial charge in [-0.2, -0.15) is 0 Å². The second-order valence-electron chi connectivity index (χ2n) is 5.61. The van der Waals surface area contributed by atoms with Gasteiger partial charge in [0.15, 0.2) is 5.69 Å². The van der Waals surface area contributed by atoms with E-state index in [1.165, 1.54) is 10.4 Å². The van der Waals surface area contributed by atoms with Crippen molar-refractivity contribution in [2.24, 2.45) is 0 Å². The average molecular weight is 288 g/mol. The van der Waals surface area contributed by atoms with E-state index in [0.29, 0.717) is 11.6 Å². The first-order chi connectivity index (χ1) is 9.74. The number of rotatable bonds is 2. The molecule has 4 nitrogen and oxygen atoms in total. The summed E-state index contributed by atoms with van der Waals surface area (Å²) in [6.45, 7) is 2.85. The van der Waals surface area contributed by atoms with Crippen LogP contribution in [0, 0.1) is 0 Å². The molecule has 1 amide bonds. The molecule has 1 unspecified atom stereocenters. The van der Waals surface area contributed by atoms with Gasteiger partial charge in [-0.05, 0) is 43.2 Å². The molecule has 1 aliphatic carbocycles. The van der Waals surface area contributed by atoms with Gasteiger partial charge in [-0.15, -0.1) is 11.3 Å². The maximum absolute atomic E-state index is 12.6. The van der Waals surface area contributed by atoms with Crippen LogP contribution in [0.2, 0.25) is 0 Å². The maximum Gasteiger partial charge on any atom is 0.276 e. The lowest BCUT2D eigenvalue weighted by molar-refractivity contribution is 0.0668. The van der Waals surface area contributed by atoms with Crippen LogP contribution in [0.4, 0.5) is 0 Å². The minimum Gasteiger partial charge on any atom is -0.360 e. The van der Waals surface area contributed by atoms with E-state index < -0.39 is 0 Å². The number of amides is 1. The van der Waals surface area contributed by atoms with E-state index in [4.69, 9.17) is 4.52 Å². The lowest BCUT2D eigenvalue weighted by Crippen LogP contribution is -2.38. The Balaban J connectivity index is 1.59. The van der Waals surface area contributed by atoms with Crippen molar-refractivity contribution in [1.82, 2.24) is 10.1 Å². The fourth-order valence-electron chi connectivity index (χ4n) is 2.88. The Morgan fingerprint density at radius 2 is 2.35 bits per heavy atom. The number of fused-ring (bicyclic) bond motifs is 1. The van der Waals surface area contributed by atoms with Crippen LogP contribution in [0.1, 0.15) is 58.4 Å². The van der Waals surface area contributed by atoms with Crippen LogP contribution in [-0.4, -0.2) is 22.5 Å². The molecular weight excluding hydrogens is 272 g/mol. The summed E-state index contributed by atoms with van der Waals surface area (Å²) in [6, 6.07) is 4.08. The molecule has 2 aromatic heterocycles. The SMILES string of the molecule is CC1c2ccsc2CCN1C(=O)c1cc(C2CC2)on1. The summed E-state index contributed by atoms with van der Waals surface area (Å²) in [4.78, 5) is 15.9. The van der Waals surface area contributed by atoms with Crippen LogP contribution in [0.5, 0.6) is 0 Å². The zero-order valence-corrected chi connectivity index (χ0v) is 12.2. The summed E-state index contributed by atoms with van der Waals surface area (Å²) in [6.07, 6.45) is 3.25. The van der Waals surface area contributed by atoms with E-state index in [0.717, 1.165) is 31.6 Å². The molecule has 1 aliphatic heterocycles. The fourth-order valence-corrected chi connectivity index (χ4v) is 3.85. The number of carbonyl (C=O) groups excluding carboxylic acids is 1. The molecule has 0 aromatic carbocycles. The van der Waals surface area contributed by atoms with E-state index in [2.05, 4.69) is 23.5 Å². The van der Waals surface area contributed by atoms with Crippen molar-refractivity contribution < 1.29 is 9.32 Å². The molecule has 104 valence electrons. The van der Waals surface area contributed by atoms with Crippen molar-refractivity contribution in [3.63, 3.8) is 0 Å². The largest absolute Gasteiger partial charge is 0.360 e. The zero-order chi connectivity index (χ0) is 13.7. The third-order valence-corrected chi connectivity index (χ3v) is 5.26. The number of carbonyl (C=O) groups is 1. The summed E-state index contributed by atoms with van der Waals surface area (Å²) in [7, 11) is 0. The van der Waals surface area contributed by atoms with Crippen LogP contribution < -0.4 is 0 Å². The second-order valence-corrected chi connectivity index (χ2v) is 6.61. The van der Waals surface area contributed by atoms with Crippen molar-refractivity contribution in [2.45, 2.75) is 38.1 Å². The third kappa shape index (κ3) is 1.88. The van der Waals surface area contributed by atoms with Crippen molar-refractivity contribution >= 4 is 17.2 Å². The van der Waals surface area contributed by atoms with Gasteiger partial charge in [0.2, 0.25) is 0 Å². The molecule has 1 saturated carbocycles. The van der Waals surface area contributed by atoms with Gasteiger partial charge in [-0.3, -0.25) is 4.79 Å². The van der Waals surface area contributed by atoms with E-state index in [-0.39, 0.29) is 11.9 Å². The quantitative estimate of drug-likeness (QED) is 0.851. The number of aromatic nitrogens is 1. The Hall–Kier alpha value is -1.62. The molecule has 4 rings (SSSR count). The Labute approximate surface area is 121 Å². The van der Waals surface area contributed by atoms with Crippen LogP contribution in [0.15, 0.2) is 22.0 Å².